The second-order valence-corrected chi connectivity index (χ2v) is 8.57. The van der Waals surface area contributed by atoms with Crippen molar-refractivity contribution in [1.29, 1.82) is 0 Å². The van der Waals surface area contributed by atoms with Gasteiger partial charge < -0.3 is 4.42 Å². The molecule has 0 bridgehead atoms. The van der Waals surface area contributed by atoms with Crippen LogP contribution in [0.2, 0.25) is 10.0 Å². The van der Waals surface area contributed by atoms with Crippen LogP contribution in [0.5, 0.6) is 0 Å². The van der Waals surface area contributed by atoms with Gasteiger partial charge in [0, 0.05) is 11.4 Å². The van der Waals surface area contributed by atoms with E-state index in [1.54, 1.807) is 12.3 Å². The molecule has 1 N–H and O–H groups in total. The zero-order valence-electron chi connectivity index (χ0n) is 12.4. The molecule has 2 heterocycles. The zero-order valence-corrected chi connectivity index (χ0v) is 15.6. The summed E-state index contributed by atoms with van der Waals surface area (Å²) in [6, 6.07) is 7.76. The Hall–Kier alpha value is -1.38. The van der Waals surface area contributed by atoms with Crippen LogP contribution in [0.1, 0.15) is 10.6 Å². The highest BCUT2D eigenvalue weighted by atomic mass is 35.5. The summed E-state index contributed by atoms with van der Waals surface area (Å²) in [7, 11) is -3.70. The van der Waals surface area contributed by atoms with Gasteiger partial charge in [-0.05, 0) is 37.3 Å². The van der Waals surface area contributed by atoms with E-state index in [2.05, 4.69) is 9.71 Å². The lowest BCUT2D eigenvalue weighted by Gasteiger charge is -2.07. The Morgan fingerprint density at radius 3 is 2.71 bits per heavy atom. The van der Waals surface area contributed by atoms with Crippen LogP contribution in [-0.4, -0.2) is 13.4 Å². The molecule has 3 rings (SSSR count). The van der Waals surface area contributed by atoms with Crippen molar-refractivity contribution in [2.75, 3.05) is 0 Å². The van der Waals surface area contributed by atoms with Gasteiger partial charge in [0.25, 0.3) is 0 Å². The van der Waals surface area contributed by atoms with Crippen LogP contribution in [0.25, 0.3) is 10.8 Å². The number of furan rings is 1. The van der Waals surface area contributed by atoms with Crippen LogP contribution in [0, 0.1) is 6.92 Å². The molecular formula is C15H12Cl2N2O3S2. The Balaban J connectivity index is 1.78. The smallest absolute Gasteiger partial charge is 0.240 e. The molecule has 0 aliphatic carbocycles. The first kappa shape index (κ1) is 17.4. The summed E-state index contributed by atoms with van der Waals surface area (Å²) in [6.07, 6.45) is 1.57. The zero-order chi connectivity index (χ0) is 17.3. The summed E-state index contributed by atoms with van der Waals surface area (Å²) in [5.74, 6) is 0.654. The molecule has 126 valence electrons. The molecule has 1 aromatic carbocycles. The van der Waals surface area contributed by atoms with E-state index in [1.807, 2.05) is 13.0 Å². The molecule has 0 aliphatic rings. The average Bonchev–Trinajstić information content (AvgIpc) is 3.17. The maximum Gasteiger partial charge on any atom is 0.240 e. The molecule has 0 radical (unpaired) electrons. The van der Waals surface area contributed by atoms with E-state index in [0.29, 0.717) is 15.8 Å². The summed E-state index contributed by atoms with van der Waals surface area (Å²) in [4.78, 5) is 5.27. The Morgan fingerprint density at radius 1 is 1.25 bits per heavy atom. The molecule has 0 unspecified atom stereocenters. The monoisotopic (exact) mass is 402 g/mol. The fourth-order valence-electron chi connectivity index (χ4n) is 1.99. The van der Waals surface area contributed by atoms with E-state index in [1.165, 1.54) is 29.5 Å². The Kier molecular flexibility index (Phi) is 4.98. The van der Waals surface area contributed by atoms with Gasteiger partial charge in [0.15, 0.2) is 10.8 Å². The van der Waals surface area contributed by atoms with Gasteiger partial charge in [-0.3, -0.25) is 0 Å². The van der Waals surface area contributed by atoms with Gasteiger partial charge >= 0.3 is 0 Å². The molecule has 5 nitrogen and oxygen atoms in total. The first-order valence-corrected chi connectivity index (χ1v) is 9.87. The number of nitrogens with one attached hydrogen (secondary N) is 1. The fourth-order valence-corrected chi connectivity index (χ4v) is 4.43. The number of hydrogen-bond donors (Lipinski definition) is 1. The van der Waals surface area contributed by atoms with Gasteiger partial charge in [-0.25, -0.2) is 18.1 Å². The minimum Gasteiger partial charge on any atom is -0.462 e. The van der Waals surface area contributed by atoms with E-state index in [-0.39, 0.29) is 16.5 Å². The van der Waals surface area contributed by atoms with E-state index >= 15 is 0 Å². The summed E-state index contributed by atoms with van der Waals surface area (Å²) < 4.78 is 32.6. The Morgan fingerprint density at radius 2 is 2.04 bits per heavy atom. The Bertz CT molecular complexity index is 967. The van der Waals surface area contributed by atoms with Crippen LogP contribution in [0.15, 0.2) is 45.9 Å². The lowest BCUT2D eigenvalue weighted by atomic mass is 10.4. The molecule has 0 aliphatic heterocycles. The lowest BCUT2D eigenvalue weighted by molar-refractivity contribution is 0.580. The van der Waals surface area contributed by atoms with Crippen LogP contribution in [0.4, 0.5) is 0 Å². The molecule has 0 saturated heterocycles. The van der Waals surface area contributed by atoms with Gasteiger partial charge in [0.1, 0.15) is 0 Å². The first-order chi connectivity index (χ1) is 11.4. The van der Waals surface area contributed by atoms with Gasteiger partial charge in [-0.15, -0.1) is 11.3 Å². The SMILES string of the molecule is Cc1nc(-c2ccco2)sc1CNS(=O)(=O)c1ccc(Cl)c(Cl)c1. The molecule has 0 spiro atoms. The number of halogens is 2. The molecule has 0 atom stereocenters. The molecule has 9 heteroatoms. The van der Waals surface area contributed by atoms with Gasteiger partial charge in [-0.1, -0.05) is 23.2 Å². The van der Waals surface area contributed by atoms with Crippen molar-refractivity contribution in [2.24, 2.45) is 0 Å². The standard InChI is InChI=1S/C15H12Cl2N2O3S2/c1-9-14(23-15(19-9)13-3-2-6-22-13)8-18-24(20,21)10-4-5-11(16)12(17)7-10/h2-7,18H,8H2,1H3. The van der Waals surface area contributed by atoms with Crippen LogP contribution in [0.3, 0.4) is 0 Å². The maximum atomic E-state index is 12.4. The third kappa shape index (κ3) is 3.65. The number of rotatable bonds is 5. The van der Waals surface area contributed by atoms with E-state index in [0.717, 1.165) is 10.6 Å². The highest BCUT2D eigenvalue weighted by molar-refractivity contribution is 7.89. The molecule has 24 heavy (non-hydrogen) atoms. The Labute approximate surface area is 153 Å². The number of aromatic nitrogens is 1. The minimum absolute atomic E-state index is 0.0605. The van der Waals surface area contributed by atoms with Crippen molar-refractivity contribution in [1.82, 2.24) is 9.71 Å². The second-order valence-electron chi connectivity index (χ2n) is 4.91. The van der Waals surface area contributed by atoms with Crippen molar-refractivity contribution >= 4 is 44.6 Å². The number of hydrogen-bond acceptors (Lipinski definition) is 5. The minimum atomic E-state index is -3.70. The van der Waals surface area contributed by atoms with E-state index < -0.39 is 10.0 Å². The number of thiazole rings is 1. The predicted molar refractivity (Wildman–Crippen MR) is 95.0 cm³/mol. The maximum absolute atomic E-state index is 12.4. The second kappa shape index (κ2) is 6.85. The van der Waals surface area contributed by atoms with Crippen molar-refractivity contribution in [3.63, 3.8) is 0 Å². The van der Waals surface area contributed by atoms with E-state index in [9.17, 15) is 8.42 Å². The van der Waals surface area contributed by atoms with Crippen LogP contribution >= 0.6 is 34.5 Å². The first-order valence-electron chi connectivity index (χ1n) is 6.82. The fraction of sp³-hybridized carbons (Fsp3) is 0.133. The normalized spacial score (nSPS) is 11.8. The van der Waals surface area contributed by atoms with Gasteiger partial charge in [0.2, 0.25) is 10.0 Å². The summed E-state index contributed by atoms with van der Waals surface area (Å²) in [5.41, 5.74) is 0.753. The molecule has 0 amide bonds. The third-order valence-electron chi connectivity index (χ3n) is 3.25. The molecule has 2 aromatic heterocycles. The topological polar surface area (TPSA) is 72.2 Å². The molecule has 0 fully saturated rings. The molecule has 0 saturated carbocycles. The summed E-state index contributed by atoms with van der Waals surface area (Å²) in [6.45, 7) is 1.96. The van der Waals surface area contributed by atoms with Crippen LogP contribution < -0.4 is 4.72 Å². The van der Waals surface area contributed by atoms with Crippen molar-refractivity contribution < 1.29 is 12.8 Å². The number of benzene rings is 1. The number of sulfonamides is 1. The van der Waals surface area contributed by atoms with E-state index in [4.69, 9.17) is 27.6 Å². The largest absolute Gasteiger partial charge is 0.462 e. The number of nitrogens with zero attached hydrogens (tertiary/aromatic N) is 1. The average molecular weight is 403 g/mol. The highest BCUT2D eigenvalue weighted by Gasteiger charge is 2.18. The van der Waals surface area contributed by atoms with Gasteiger partial charge in [-0.2, -0.15) is 0 Å². The number of aryl methyl sites for hydroxylation is 1. The predicted octanol–water partition coefficient (Wildman–Crippen LogP) is 4.50. The highest BCUT2D eigenvalue weighted by Crippen LogP contribution is 2.29. The molecular weight excluding hydrogens is 391 g/mol. The quantitative estimate of drug-likeness (QED) is 0.681. The molecule has 3 aromatic rings. The lowest BCUT2D eigenvalue weighted by Crippen LogP contribution is -2.23. The van der Waals surface area contributed by atoms with Gasteiger partial charge in [0.05, 0.1) is 26.9 Å². The van der Waals surface area contributed by atoms with Crippen molar-refractivity contribution in [3.05, 3.63) is 57.2 Å². The van der Waals surface area contributed by atoms with Crippen LogP contribution in [-0.2, 0) is 16.6 Å². The third-order valence-corrected chi connectivity index (χ3v) is 6.56. The van der Waals surface area contributed by atoms with Crippen molar-refractivity contribution in [3.8, 4) is 10.8 Å². The summed E-state index contributed by atoms with van der Waals surface area (Å²) >= 11 is 13.1. The van der Waals surface area contributed by atoms with Crippen molar-refractivity contribution in [2.45, 2.75) is 18.4 Å². The summed E-state index contributed by atoms with van der Waals surface area (Å²) in [5, 5.41) is 1.20.